The molecule has 0 spiro atoms. The van der Waals surface area contributed by atoms with Gasteiger partial charge in [-0.05, 0) is 48.9 Å². The van der Waals surface area contributed by atoms with E-state index in [0.717, 1.165) is 12.1 Å². The summed E-state index contributed by atoms with van der Waals surface area (Å²) < 4.78 is 0. The van der Waals surface area contributed by atoms with Crippen LogP contribution in [0.4, 0.5) is 0 Å². The zero-order valence-corrected chi connectivity index (χ0v) is 14.8. The van der Waals surface area contributed by atoms with Gasteiger partial charge in [-0.3, -0.25) is 0 Å². The van der Waals surface area contributed by atoms with E-state index in [0.29, 0.717) is 5.92 Å². The van der Waals surface area contributed by atoms with Gasteiger partial charge in [-0.2, -0.15) is 0 Å². The molecule has 0 saturated heterocycles. The van der Waals surface area contributed by atoms with Crippen LogP contribution in [0.2, 0.25) is 0 Å². The molecule has 0 bridgehead atoms. The molecule has 1 aromatic rings. The number of likely N-dealkylation sites (N-methyl/N-ethyl adjacent to an activating group) is 1. The molecule has 0 unspecified atom stereocenters. The number of allylic oxidation sites excluding steroid dienone is 1. The molecule has 2 rings (SSSR count). The second-order valence-electron chi connectivity index (χ2n) is 6.77. The summed E-state index contributed by atoms with van der Waals surface area (Å²) >= 11 is 0. The van der Waals surface area contributed by atoms with Crippen LogP contribution < -0.4 is 5.32 Å². The average Bonchev–Trinajstić information content (AvgIpc) is 2.45. The summed E-state index contributed by atoms with van der Waals surface area (Å²) in [6.45, 7) is 13.0. The number of aryl methyl sites for hydroxylation is 2. The molecule has 0 amide bonds. The highest BCUT2D eigenvalue weighted by molar-refractivity contribution is 5.52. The number of rotatable bonds is 4. The quantitative estimate of drug-likeness (QED) is 0.793. The molecule has 0 aromatic heterocycles. The van der Waals surface area contributed by atoms with Gasteiger partial charge in [-0.1, -0.05) is 51.7 Å². The van der Waals surface area contributed by atoms with Crippen LogP contribution in [0.5, 0.6) is 0 Å². The molecule has 118 valence electrons. The smallest absolute Gasteiger partial charge is 0.0346 e. The van der Waals surface area contributed by atoms with E-state index in [1.807, 2.05) is 7.05 Å². The number of hydrogen-bond donors (Lipinski definition) is 1. The van der Waals surface area contributed by atoms with E-state index < -0.39 is 0 Å². The lowest BCUT2D eigenvalue weighted by Gasteiger charge is -2.45. The van der Waals surface area contributed by atoms with Crippen LogP contribution in [-0.2, 0) is 11.8 Å². The molecular weight excluding hydrogens is 266 g/mol. The van der Waals surface area contributed by atoms with E-state index in [4.69, 9.17) is 0 Å². The van der Waals surface area contributed by atoms with E-state index in [-0.39, 0.29) is 5.41 Å². The Hall–Kier alpha value is -1.68. The van der Waals surface area contributed by atoms with E-state index in [1.165, 1.54) is 41.5 Å². The Kier molecular flexibility index (Phi) is 5.01. The fraction of sp³-hybridized carbons (Fsp3) is 0.524. The summed E-state index contributed by atoms with van der Waals surface area (Å²) in [5, 5.41) is 3.30. The van der Waals surface area contributed by atoms with Gasteiger partial charge < -0.3 is 5.32 Å². The minimum absolute atomic E-state index is 0.132. The van der Waals surface area contributed by atoms with Crippen LogP contribution in [-0.4, -0.2) is 7.05 Å². The summed E-state index contributed by atoms with van der Waals surface area (Å²) in [6.07, 6.45) is 4.72. The molecule has 1 fully saturated rings. The van der Waals surface area contributed by atoms with E-state index in [2.05, 4.69) is 63.6 Å². The lowest BCUT2D eigenvalue weighted by Crippen LogP contribution is -2.41. The van der Waals surface area contributed by atoms with Gasteiger partial charge in [-0.25, -0.2) is 0 Å². The lowest BCUT2D eigenvalue weighted by atomic mass is 9.61. The largest absolute Gasteiger partial charge is 0.391 e. The van der Waals surface area contributed by atoms with Crippen molar-refractivity contribution in [3.63, 3.8) is 0 Å². The molecule has 0 aliphatic heterocycles. The van der Waals surface area contributed by atoms with Gasteiger partial charge in [0.2, 0.25) is 0 Å². The molecule has 1 heteroatoms. The van der Waals surface area contributed by atoms with Crippen molar-refractivity contribution < 1.29 is 0 Å². The Morgan fingerprint density at radius 1 is 1.36 bits per heavy atom. The Balaban J connectivity index is 2.51. The zero-order chi connectivity index (χ0) is 16.3. The summed E-state index contributed by atoms with van der Waals surface area (Å²) in [4.78, 5) is 0. The Bertz CT molecular complexity index is 621. The topological polar surface area (TPSA) is 12.0 Å². The first-order chi connectivity index (χ1) is 10.4. The third-order valence-electron chi connectivity index (χ3n) is 4.93. The molecule has 0 heterocycles. The standard InChI is InChI=1S/C21H29N/c1-7-18-14-20(21(11-8-12-21)17(5)22-6)16(4)13-19(18)10-9-15(2)3/h13-15,22H,5,7-8,11-12H2,1-4,6H3. The first-order valence-corrected chi connectivity index (χ1v) is 8.47. The van der Waals surface area contributed by atoms with Gasteiger partial charge in [-0.15, -0.1) is 0 Å². The van der Waals surface area contributed by atoms with Crippen LogP contribution in [0.1, 0.15) is 62.3 Å². The second-order valence-corrected chi connectivity index (χ2v) is 6.77. The Morgan fingerprint density at radius 3 is 2.50 bits per heavy atom. The summed E-state index contributed by atoms with van der Waals surface area (Å²) in [6, 6.07) is 4.67. The molecule has 0 atom stereocenters. The molecule has 1 saturated carbocycles. The number of benzene rings is 1. The summed E-state index contributed by atoms with van der Waals surface area (Å²) in [5.41, 5.74) is 6.65. The normalized spacial score (nSPS) is 15.7. The van der Waals surface area contributed by atoms with Crippen LogP contribution >= 0.6 is 0 Å². The van der Waals surface area contributed by atoms with Crippen molar-refractivity contribution in [3.8, 4) is 11.8 Å². The van der Waals surface area contributed by atoms with Gasteiger partial charge in [0.25, 0.3) is 0 Å². The van der Waals surface area contributed by atoms with Gasteiger partial charge in [0.1, 0.15) is 0 Å². The second kappa shape index (κ2) is 6.61. The molecule has 1 aromatic carbocycles. The van der Waals surface area contributed by atoms with Crippen molar-refractivity contribution in [1.82, 2.24) is 5.32 Å². The molecule has 0 radical (unpaired) electrons. The molecule has 1 nitrogen and oxygen atoms in total. The summed E-state index contributed by atoms with van der Waals surface area (Å²) in [5.74, 6) is 7.09. The van der Waals surface area contributed by atoms with Crippen LogP contribution in [0, 0.1) is 24.7 Å². The van der Waals surface area contributed by atoms with Crippen molar-refractivity contribution in [2.75, 3.05) is 7.05 Å². The highest BCUT2D eigenvalue weighted by Gasteiger charge is 2.42. The van der Waals surface area contributed by atoms with E-state index >= 15 is 0 Å². The Morgan fingerprint density at radius 2 is 2.05 bits per heavy atom. The van der Waals surface area contributed by atoms with Gasteiger partial charge >= 0.3 is 0 Å². The van der Waals surface area contributed by atoms with Crippen molar-refractivity contribution in [2.45, 2.75) is 58.8 Å². The first kappa shape index (κ1) is 16.7. The molecule has 1 aliphatic carbocycles. The fourth-order valence-corrected chi connectivity index (χ4v) is 3.40. The fourth-order valence-electron chi connectivity index (χ4n) is 3.40. The van der Waals surface area contributed by atoms with E-state index in [1.54, 1.807) is 0 Å². The third-order valence-corrected chi connectivity index (χ3v) is 4.93. The molecular formula is C21H29N. The highest BCUT2D eigenvalue weighted by Crippen LogP contribution is 2.49. The first-order valence-electron chi connectivity index (χ1n) is 8.47. The number of hydrogen-bond acceptors (Lipinski definition) is 1. The van der Waals surface area contributed by atoms with Crippen LogP contribution in [0.15, 0.2) is 24.4 Å². The van der Waals surface area contributed by atoms with Gasteiger partial charge in [0.15, 0.2) is 0 Å². The van der Waals surface area contributed by atoms with Crippen LogP contribution in [0.3, 0.4) is 0 Å². The van der Waals surface area contributed by atoms with Gasteiger partial charge in [0.05, 0.1) is 0 Å². The zero-order valence-electron chi connectivity index (χ0n) is 14.8. The molecule has 22 heavy (non-hydrogen) atoms. The average molecular weight is 295 g/mol. The van der Waals surface area contributed by atoms with Gasteiger partial charge in [0, 0.05) is 29.6 Å². The Labute approximate surface area is 136 Å². The highest BCUT2D eigenvalue weighted by atomic mass is 14.9. The lowest BCUT2D eigenvalue weighted by molar-refractivity contribution is 0.282. The van der Waals surface area contributed by atoms with Crippen molar-refractivity contribution in [2.24, 2.45) is 5.92 Å². The maximum Gasteiger partial charge on any atom is 0.0346 e. The maximum atomic E-state index is 4.28. The van der Waals surface area contributed by atoms with Crippen molar-refractivity contribution >= 4 is 0 Å². The SMILES string of the molecule is C=C(NC)C1(c2cc(CC)c(C#CC(C)C)cc2C)CCC1. The van der Waals surface area contributed by atoms with Crippen molar-refractivity contribution in [3.05, 3.63) is 46.7 Å². The predicted molar refractivity (Wildman–Crippen MR) is 96.0 cm³/mol. The van der Waals surface area contributed by atoms with Crippen molar-refractivity contribution in [1.29, 1.82) is 0 Å². The third kappa shape index (κ3) is 2.93. The molecule has 1 aliphatic rings. The predicted octanol–water partition coefficient (Wildman–Crippen LogP) is 4.72. The molecule has 1 N–H and O–H groups in total. The van der Waals surface area contributed by atoms with Crippen LogP contribution in [0.25, 0.3) is 0 Å². The number of nitrogens with one attached hydrogen (secondary N) is 1. The monoisotopic (exact) mass is 295 g/mol. The van der Waals surface area contributed by atoms with E-state index in [9.17, 15) is 0 Å². The summed E-state index contributed by atoms with van der Waals surface area (Å²) in [7, 11) is 1.99. The maximum absolute atomic E-state index is 4.28. The minimum atomic E-state index is 0.132. The minimum Gasteiger partial charge on any atom is -0.391 e.